The normalized spacial score (nSPS) is 23.4. The summed E-state index contributed by atoms with van der Waals surface area (Å²) < 4.78 is 8.05. The molecule has 3 aromatic carbocycles. The fraction of sp³-hybridized carbons (Fsp3) is 0.500. The van der Waals surface area contributed by atoms with E-state index in [0.717, 1.165) is 145 Å². The number of para-hydroxylation sites is 1. The number of nitrogens with one attached hydrogen (secondary N) is 2. The monoisotopic (exact) mass is 937 g/mol. The maximum absolute atomic E-state index is 13.8. The molecule has 4 aromatic rings. The Morgan fingerprint density at radius 1 is 0.696 bits per heavy atom. The van der Waals surface area contributed by atoms with Crippen molar-refractivity contribution in [2.24, 2.45) is 11.7 Å². The van der Waals surface area contributed by atoms with Gasteiger partial charge in [-0.25, -0.2) is 9.48 Å². The summed E-state index contributed by atoms with van der Waals surface area (Å²) in [5.74, 6) is 1.31. The average Bonchev–Trinajstić information content (AvgIpc) is 3.94. The molecule has 0 radical (unpaired) electrons. The molecule has 0 bridgehead atoms. The van der Waals surface area contributed by atoms with E-state index >= 15 is 0 Å². The van der Waals surface area contributed by atoms with Crippen molar-refractivity contribution in [1.29, 1.82) is 0 Å². The molecular weight excluding hydrogens is 875 g/mol. The van der Waals surface area contributed by atoms with Gasteiger partial charge >= 0.3 is 6.03 Å². The number of fused-ring (bicyclic) bond motifs is 2. The van der Waals surface area contributed by atoms with Crippen LogP contribution < -0.4 is 26.0 Å². The standard InChI is InChI=1S/C52H63N11O6/c53-48(65)46-47(35-6-9-41(10-7-35)69-40-4-2-1-3-5-40)56-63-43(14-21-54-49(46)63)34-15-22-57(23-16-34)37-19-26-60(27-20-37)52(68)61-30-28-59(29-31-61)38-17-24-58(25-18-38)39-8-11-42-36(32-39)33-62(51(42)67)44-12-13-45(64)55-50(44)66/h1-11,32,34,37-38,43-44,54H,12-31,33H2,(H2,53,65)(H,55,64,66)/t43-,44?/m0/s1. The van der Waals surface area contributed by atoms with Crippen LogP contribution in [0.15, 0.2) is 72.8 Å². The Morgan fingerprint density at radius 2 is 1.36 bits per heavy atom. The largest absolute Gasteiger partial charge is 0.457 e. The fourth-order valence-electron chi connectivity index (χ4n) is 12.3. The number of hydrogen-bond donors (Lipinski definition) is 3. The van der Waals surface area contributed by atoms with Gasteiger partial charge in [0.05, 0.1) is 6.04 Å². The lowest BCUT2D eigenvalue weighted by Crippen LogP contribution is -2.58. The van der Waals surface area contributed by atoms with E-state index in [1.54, 1.807) is 4.90 Å². The number of urea groups is 1. The molecule has 7 aliphatic heterocycles. The Bertz CT molecular complexity index is 2570. The number of anilines is 2. The first-order valence-corrected chi connectivity index (χ1v) is 25.2. The van der Waals surface area contributed by atoms with Gasteiger partial charge in [0.1, 0.15) is 34.6 Å². The smallest absolute Gasteiger partial charge is 0.320 e. The van der Waals surface area contributed by atoms with Crippen molar-refractivity contribution in [2.75, 3.05) is 82.2 Å². The molecule has 11 rings (SSSR count). The van der Waals surface area contributed by atoms with Gasteiger partial charge in [-0.1, -0.05) is 18.2 Å². The first kappa shape index (κ1) is 45.0. The van der Waals surface area contributed by atoms with Crippen LogP contribution in [0.5, 0.6) is 11.5 Å². The van der Waals surface area contributed by atoms with Crippen LogP contribution in [0.25, 0.3) is 11.3 Å². The Hall–Kier alpha value is -6.46. The minimum absolute atomic E-state index is 0.143. The van der Waals surface area contributed by atoms with Crippen molar-refractivity contribution in [2.45, 2.75) is 88.5 Å². The lowest BCUT2D eigenvalue weighted by Gasteiger charge is -2.46. The first-order chi connectivity index (χ1) is 33.6. The molecule has 17 heteroatoms. The Kier molecular flexibility index (Phi) is 12.5. The number of carbonyl (C=O) groups excluding carboxylic acids is 5. The molecule has 2 atom stereocenters. The number of nitrogens with two attached hydrogens (primary N) is 1. The summed E-state index contributed by atoms with van der Waals surface area (Å²) in [6.45, 7) is 9.88. The summed E-state index contributed by atoms with van der Waals surface area (Å²) in [6, 6.07) is 24.0. The summed E-state index contributed by atoms with van der Waals surface area (Å²) in [6.07, 6.45) is 7.72. The number of amides is 6. The molecular formula is C52H63N11O6. The van der Waals surface area contributed by atoms with Crippen LogP contribution in [-0.2, 0) is 16.1 Å². The van der Waals surface area contributed by atoms with Crippen molar-refractivity contribution in [3.05, 3.63) is 89.5 Å². The van der Waals surface area contributed by atoms with Crippen molar-refractivity contribution in [1.82, 2.24) is 39.6 Å². The van der Waals surface area contributed by atoms with E-state index in [2.05, 4.69) is 41.2 Å². The van der Waals surface area contributed by atoms with E-state index in [-0.39, 0.29) is 36.2 Å². The molecule has 8 heterocycles. The average molecular weight is 938 g/mol. The number of carbonyl (C=O) groups is 5. The molecule has 1 aromatic heterocycles. The summed E-state index contributed by atoms with van der Waals surface area (Å²) in [5.41, 5.74) is 10.6. The van der Waals surface area contributed by atoms with E-state index in [0.29, 0.717) is 53.5 Å². The molecule has 362 valence electrons. The summed E-state index contributed by atoms with van der Waals surface area (Å²) in [4.78, 5) is 77.5. The number of likely N-dealkylation sites (tertiary alicyclic amines) is 2. The number of hydrogen-bond acceptors (Lipinski definition) is 11. The van der Waals surface area contributed by atoms with Gasteiger partial charge in [-0.05, 0) is 131 Å². The predicted molar refractivity (Wildman–Crippen MR) is 260 cm³/mol. The molecule has 0 spiro atoms. The lowest BCUT2D eigenvalue weighted by molar-refractivity contribution is -0.136. The van der Waals surface area contributed by atoms with E-state index in [4.69, 9.17) is 15.6 Å². The zero-order valence-electron chi connectivity index (χ0n) is 39.3. The molecule has 69 heavy (non-hydrogen) atoms. The first-order valence-electron chi connectivity index (χ1n) is 25.2. The van der Waals surface area contributed by atoms with Crippen molar-refractivity contribution >= 4 is 41.2 Å². The number of rotatable bonds is 9. The van der Waals surface area contributed by atoms with Crippen LogP contribution in [0.1, 0.15) is 90.1 Å². The van der Waals surface area contributed by atoms with Gasteiger partial charge < -0.3 is 40.3 Å². The van der Waals surface area contributed by atoms with Gasteiger partial charge in [0, 0.05) is 101 Å². The van der Waals surface area contributed by atoms with E-state index in [1.807, 2.05) is 71.4 Å². The topological polar surface area (TPSA) is 182 Å². The van der Waals surface area contributed by atoms with Crippen molar-refractivity contribution < 1.29 is 28.7 Å². The highest BCUT2D eigenvalue weighted by atomic mass is 16.5. The third kappa shape index (κ3) is 9.02. The summed E-state index contributed by atoms with van der Waals surface area (Å²) in [7, 11) is 0. The summed E-state index contributed by atoms with van der Waals surface area (Å²) in [5, 5.41) is 10.9. The molecule has 5 fully saturated rings. The van der Waals surface area contributed by atoms with Gasteiger partial charge in [0.15, 0.2) is 0 Å². The number of aromatic nitrogens is 2. The molecule has 1 unspecified atom stereocenters. The van der Waals surface area contributed by atoms with Crippen LogP contribution >= 0.6 is 0 Å². The quantitative estimate of drug-likeness (QED) is 0.189. The Balaban J connectivity index is 0.623. The molecule has 4 N–H and O–H groups in total. The molecule has 5 saturated heterocycles. The molecule has 7 aliphatic rings. The highest BCUT2D eigenvalue weighted by molar-refractivity contribution is 6.06. The number of piperazine rings is 1. The predicted octanol–water partition coefficient (Wildman–Crippen LogP) is 5.14. The molecule has 17 nitrogen and oxygen atoms in total. The second kappa shape index (κ2) is 19.1. The number of imide groups is 1. The van der Waals surface area contributed by atoms with Gasteiger partial charge in [0.25, 0.3) is 11.8 Å². The zero-order valence-corrected chi connectivity index (χ0v) is 39.3. The van der Waals surface area contributed by atoms with Crippen molar-refractivity contribution in [3.8, 4) is 22.8 Å². The summed E-state index contributed by atoms with van der Waals surface area (Å²) >= 11 is 0. The minimum atomic E-state index is -0.610. The van der Waals surface area contributed by atoms with Gasteiger partial charge in [-0.3, -0.25) is 29.4 Å². The number of primary amides is 1. The number of nitrogens with zero attached hydrogens (tertiary/aromatic N) is 8. The minimum Gasteiger partial charge on any atom is -0.457 e. The van der Waals surface area contributed by atoms with Crippen LogP contribution in [0, 0.1) is 5.92 Å². The van der Waals surface area contributed by atoms with E-state index in [9.17, 15) is 24.0 Å². The number of ether oxygens (including phenoxy) is 1. The van der Waals surface area contributed by atoms with Crippen LogP contribution in [0.4, 0.5) is 16.3 Å². The Morgan fingerprint density at radius 3 is 2.06 bits per heavy atom. The van der Waals surface area contributed by atoms with Gasteiger partial charge in [0.2, 0.25) is 11.8 Å². The lowest BCUT2D eigenvalue weighted by atomic mass is 9.85. The second-order valence-electron chi connectivity index (χ2n) is 20.0. The second-order valence-corrected chi connectivity index (χ2v) is 20.0. The van der Waals surface area contributed by atoms with Crippen molar-refractivity contribution in [3.63, 3.8) is 0 Å². The van der Waals surface area contributed by atoms with E-state index < -0.39 is 11.9 Å². The van der Waals surface area contributed by atoms with Gasteiger partial charge in [-0.2, -0.15) is 5.10 Å². The number of piperidine rings is 4. The zero-order chi connectivity index (χ0) is 47.2. The van der Waals surface area contributed by atoms with Gasteiger partial charge in [-0.15, -0.1) is 0 Å². The van der Waals surface area contributed by atoms with E-state index in [1.165, 1.54) is 0 Å². The van der Waals surface area contributed by atoms with Crippen LogP contribution in [-0.4, -0.2) is 154 Å². The molecule has 0 saturated carbocycles. The Labute approximate surface area is 402 Å². The van der Waals surface area contributed by atoms with Crippen LogP contribution in [0.3, 0.4) is 0 Å². The molecule has 0 aliphatic carbocycles. The SMILES string of the molecule is NC(=O)c1c(-c2ccc(Oc3ccccc3)cc2)nn2c1NCC[C@H]2C1CCN(C2CCN(C(=O)N3CCN(C4CCN(c5ccc6c(c5)CN(C5CCC(=O)NC5=O)C6=O)CC4)CC3)CC2)CC1. The maximum atomic E-state index is 13.8. The maximum Gasteiger partial charge on any atom is 0.320 e. The fourth-order valence-corrected chi connectivity index (χ4v) is 12.3. The molecule has 6 amide bonds. The third-order valence-corrected chi connectivity index (χ3v) is 16.1. The highest BCUT2D eigenvalue weighted by Gasteiger charge is 2.41. The third-order valence-electron chi connectivity index (χ3n) is 16.1. The highest BCUT2D eigenvalue weighted by Crippen LogP contribution is 2.41. The van der Waals surface area contributed by atoms with Crippen LogP contribution in [0.2, 0.25) is 0 Å². The number of benzene rings is 3.